The zero-order valence-corrected chi connectivity index (χ0v) is 11.8. The molecule has 0 aromatic heterocycles. The first-order chi connectivity index (χ1) is 9.33. The zero-order chi connectivity index (χ0) is 13.9. The maximum Gasteiger partial charge on any atom is 0.167 e. The number of benzene rings is 1. The molecule has 0 unspecified atom stereocenters. The normalized spacial score (nSPS) is 9.63. The Labute approximate surface area is 115 Å². The van der Waals surface area contributed by atoms with Crippen molar-refractivity contribution in [3.8, 4) is 23.3 Å². The first-order valence-electron chi connectivity index (χ1n) is 6.21. The van der Waals surface area contributed by atoms with Gasteiger partial charge in [-0.05, 0) is 13.0 Å². The molecule has 0 saturated carbocycles. The summed E-state index contributed by atoms with van der Waals surface area (Å²) in [5.74, 6) is 7.16. The van der Waals surface area contributed by atoms with Gasteiger partial charge in [0, 0.05) is 25.8 Å². The molecule has 19 heavy (non-hydrogen) atoms. The molecule has 0 bridgehead atoms. The number of methoxy groups -OCH3 is 2. The maximum absolute atomic E-state index is 5.69. The summed E-state index contributed by atoms with van der Waals surface area (Å²) < 4.78 is 16.0. The van der Waals surface area contributed by atoms with Gasteiger partial charge in [-0.15, -0.1) is 5.92 Å². The van der Waals surface area contributed by atoms with E-state index in [9.17, 15) is 0 Å². The summed E-state index contributed by atoms with van der Waals surface area (Å²) in [6.45, 7) is 4.33. The lowest BCUT2D eigenvalue weighted by Gasteiger charge is -2.14. The van der Waals surface area contributed by atoms with Crippen molar-refractivity contribution < 1.29 is 14.2 Å². The van der Waals surface area contributed by atoms with Crippen LogP contribution in [0.2, 0.25) is 0 Å². The molecule has 0 heterocycles. The lowest BCUT2D eigenvalue weighted by atomic mass is 10.2. The predicted octanol–water partition coefficient (Wildman–Crippen LogP) is 1.83. The van der Waals surface area contributed by atoms with E-state index in [1.165, 1.54) is 0 Å². The van der Waals surface area contributed by atoms with Gasteiger partial charge in [-0.1, -0.05) is 18.1 Å². The fraction of sp³-hybridized carbons (Fsp3) is 0.467. The van der Waals surface area contributed by atoms with Crippen LogP contribution in [0.3, 0.4) is 0 Å². The molecular formula is C15H21NO3. The lowest BCUT2D eigenvalue weighted by molar-refractivity contribution is 0.199. The van der Waals surface area contributed by atoms with E-state index >= 15 is 0 Å². The summed E-state index contributed by atoms with van der Waals surface area (Å²) in [6.07, 6.45) is 0. The molecule has 0 atom stereocenters. The summed E-state index contributed by atoms with van der Waals surface area (Å²) in [5, 5.41) is 3.29. The van der Waals surface area contributed by atoms with E-state index in [0.29, 0.717) is 19.8 Å². The van der Waals surface area contributed by atoms with Crippen LogP contribution in [0.1, 0.15) is 12.5 Å². The third kappa shape index (κ3) is 5.21. The van der Waals surface area contributed by atoms with Crippen LogP contribution in [-0.2, 0) is 11.3 Å². The van der Waals surface area contributed by atoms with Crippen LogP contribution in [0.15, 0.2) is 18.2 Å². The van der Waals surface area contributed by atoms with Gasteiger partial charge in [0.15, 0.2) is 11.5 Å². The van der Waals surface area contributed by atoms with Crippen LogP contribution >= 0.6 is 0 Å². The van der Waals surface area contributed by atoms with Crippen molar-refractivity contribution in [3.05, 3.63) is 23.8 Å². The Morgan fingerprint density at radius 3 is 2.79 bits per heavy atom. The summed E-state index contributed by atoms with van der Waals surface area (Å²) >= 11 is 0. The smallest absolute Gasteiger partial charge is 0.167 e. The molecule has 1 rings (SSSR count). The fourth-order valence-electron chi connectivity index (χ4n) is 1.60. The minimum absolute atomic E-state index is 0.363. The van der Waals surface area contributed by atoms with Gasteiger partial charge in [-0.2, -0.15) is 0 Å². The van der Waals surface area contributed by atoms with E-state index < -0.39 is 0 Å². The molecule has 0 spiro atoms. The average molecular weight is 263 g/mol. The SMILES string of the molecule is CC#CCOc1c(CNCCOC)cccc1OC. The predicted molar refractivity (Wildman–Crippen MR) is 75.5 cm³/mol. The second kappa shape index (κ2) is 9.26. The molecule has 0 fully saturated rings. The van der Waals surface area contributed by atoms with Crippen molar-refractivity contribution >= 4 is 0 Å². The van der Waals surface area contributed by atoms with E-state index in [-0.39, 0.29) is 0 Å². The number of rotatable bonds is 8. The molecule has 1 N–H and O–H groups in total. The molecule has 104 valence electrons. The Morgan fingerprint density at radius 1 is 1.26 bits per heavy atom. The Balaban J connectivity index is 2.72. The second-order valence-electron chi connectivity index (χ2n) is 3.83. The van der Waals surface area contributed by atoms with Crippen molar-refractivity contribution in [2.75, 3.05) is 34.0 Å². The largest absolute Gasteiger partial charge is 0.493 e. The molecule has 1 aromatic rings. The number of nitrogens with one attached hydrogen (secondary N) is 1. The van der Waals surface area contributed by atoms with Gasteiger partial charge in [0.05, 0.1) is 13.7 Å². The van der Waals surface area contributed by atoms with Crippen molar-refractivity contribution in [3.63, 3.8) is 0 Å². The van der Waals surface area contributed by atoms with Gasteiger partial charge < -0.3 is 19.5 Å². The molecule has 0 aliphatic rings. The van der Waals surface area contributed by atoms with E-state index in [0.717, 1.165) is 23.6 Å². The van der Waals surface area contributed by atoms with E-state index in [4.69, 9.17) is 14.2 Å². The topological polar surface area (TPSA) is 39.7 Å². The zero-order valence-electron chi connectivity index (χ0n) is 11.8. The summed E-state index contributed by atoms with van der Waals surface area (Å²) in [6, 6.07) is 5.84. The van der Waals surface area contributed by atoms with Gasteiger partial charge in [-0.25, -0.2) is 0 Å². The van der Waals surface area contributed by atoms with Crippen LogP contribution < -0.4 is 14.8 Å². The van der Waals surface area contributed by atoms with Crippen molar-refractivity contribution in [2.45, 2.75) is 13.5 Å². The Hall–Kier alpha value is -1.70. The van der Waals surface area contributed by atoms with E-state index in [1.54, 1.807) is 21.1 Å². The van der Waals surface area contributed by atoms with Gasteiger partial charge >= 0.3 is 0 Å². The number of para-hydroxylation sites is 1. The molecule has 0 aliphatic carbocycles. The van der Waals surface area contributed by atoms with E-state index in [1.807, 2.05) is 18.2 Å². The first kappa shape index (κ1) is 15.4. The lowest BCUT2D eigenvalue weighted by Crippen LogP contribution is -2.19. The second-order valence-corrected chi connectivity index (χ2v) is 3.83. The summed E-state index contributed by atoms with van der Waals surface area (Å²) in [5.41, 5.74) is 1.05. The molecule has 0 saturated heterocycles. The van der Waals surface area contributed by atoms with Crippen LogP contribution in [0.5, 0.6) is 11.5 Å². The molecule has 4 heteroatoms. The monoisotopic (exact) mass is 263 g/mol. The number of ether oxygens (including phenoxy) is 3. The van der Waals surface area contributed by atoms with Gasteiger partial charge in [-0.3, -0.25) is 0 Å². The first-order valence-corrected chi connectivity index (χ1v) is 6.21. The van der Waals surface area contributed by atoms with Crippen LogP contribution in [-0.4, -0.2) is 34.0 Å². The molecule has 0 radical (unpaired) electrons. The Bertz CT molecular complexity index is 435. The van der Waals surface area contributed by atoms with Crippen molar-refractivity contribution in [1.29, 1.82) is 0 Å². The molecule has 0 aliphatic heterocycles. The maximum atomic E-state index is 5.69. The Morgan fingerprint density at radius 2 is 2.11 bits per heavy atom. The number of hydrogen-bond donors (Lipinski definition) is 1. The highest BCUT2D eigenvalue weighted by Gasteiger charge is 2.09. The third-order valence-corrected chi connectivity index (χ3v) is 2.54. The average Bonchev–Trinajstić information content (AvgIpc) is 2.44. The highest BCUT2D eigenvalue weighted by Crippen LogP contribution is 2.30. The quantitative estimate of drug-likeness (QED) is 0.574. The highest BCUT2D eigenvalue weighted by atomic mass is 16.5. The van der Waals surface area contributed by atoms with Crippen LogP contribution in [0, 0.1) is 11.8 Å². The van der Waals surface area contributed by atoms with Crippen molar-refractivity contribution in [2.24, 2.45) is 0 Å². The fourth-order valence-corrected chi connectivity index (χ4v) is 1.60. The molecule has 1 aromatic carbocycles. The molecule has 4 nitrogen and oxygen atoms in total. The van der Waals surface area contributed by atoms with Gasteiger partial charge in [0.2, 0.25) is 0 Å². The minimum atomic E-state index is 0.363. The van der Waals surface area contributed by atoms with E-state index in [2.05, 4.69) is 17.2 Å². The summed E-state index contributed by atoms with van der Waals surface area (Å²) in [4.78, 5) is 0. The highest BCUT2D eigenvalue weighted by molar-refractivity contribution is 5.46. The standard InChI is InChI=1S/C15H21NO3/c1-4-5-10-19-15-13(12-16-9-11-17-2)7-6-8-14(15)18-3/h6-8,16H,9-12H2,1-3H3. The van der Waals surface area contributed by atoms with Crippen LogP contribution in [0.25, 0.3) is 0 Å². The summed E-state index contributed by atoms with van der Waals surface area (Å²) in [7, 11) is 3.32. The van der Waals surface area contributed by atoms with Gasteiger partial charge in [0.25, 0.3) is 0 Å². The molecular weight excluding hydrogens is 242 g/mol. The number of hydrogen-bond acceptors (Lipinski definition) is 4. The Kier molecular flexibility index (Phi) is 7.48. The van der Waals surface area contributed by atoms with Crippen LogP contribution in [0.4, 0.5) is 0 Å². The minimum Gasteiger partial charge on any atom is -0.493 e. The molecule has 0 amide bonds. The third-order valence-electron chi connectivity index (χ3n) is 2.54. The van der Waals surface area contributed by atoms with Gasteiger partial charge in [0.1, 0.15) is 6.61 Å². The van der Waals surface area contributed by atoms with Crippen molar-refractivity contribution in [1.82, 2.24) is 5.32 Å².